The highest BCUT2D eigenvalue weighted by molar-refractivity contribution is 7.89. The van der Waals surface area contributed by atoms with Crippen LogP contribution in [0.4, 0.5) is 0 Å². The SMILES string of the molecule is CC1CCCN(S(=O)(=O)c2ccc(-c3nc(C4(N)CCCC4)no3)cc2)C1.Cl. The number of hydrogen-bond donors (Lipinski definition) is 1. The van der Waals surface area contributed by atoms with Gasteiger partial charge in [-0.1, -0.05) is 24.9 Å². The van der Waals surface area contributed by atoms with Gasteiger partial charge in [-0.2, -0.15) is 9.29 Å². The van der Waals surface area contributed by atoms with Gasteiger partial charge in [0.25, 0.3) is 5.89 Å². The van der Waals surface area contributed by atoms with Gasteiger partial charge in [-0.05, 0) is 55.9 Å². The third-order valence-corrected chi connectivity index (χ3v) is 7.61. The number of rotatable bonds is 4. The normalized spacial score (nSPS) is 22.7. The van der Waals surface area contributed by atoms with Crippen LogP contribution >= 0.6 is 12.4 Å². The van der Waals surface area contributed by atoms with Gasteiger partial charge in [-0.15, -0.1) is 12.4 Å². The molecule has 0 radical (unpaired) electrons. The summed E-state index contributed by atoms with van der Waals surface area (Å²) in [6.45, 7) is 3.25. The van der Waals surface area contributed by atoms with Gasteiger partial charge in [-0.25, -0.2) is 8.42 Å². The van der Waals surface area contributed by atoms with Crippen LogP contribution in [0.2, 0.25) is 0 Å². The van der Waals surface area contributed by atoms with E-state index in [-0.39, 0.29) is 12.4 Å². The Hall–Kier alpha value is -1.48. The highest BCUT2D eigenvalue weighted by Crippen LogP contribution is 2.35. The maximum atomic E-state index is 12.9. The zero-order chi connectivity index (χ0) is 19.1. The van der Waals surface area contributed by atoms with Crippen LogP contribution in [0.1, 0.15) is 51.3 Å². The van der Waals surface area contributed by atoms with Crippen molar-refractivity contribution < 1.29 is 12.9 Å². The second-order valence-corrected chi connectivity index (χ2v) is 9.86. The Morgan fingerprint density at radius 3 is 2.50 bits per heavy atom. The monoisotopic (exact) mass is 426 g/mol. The molecule has 1 unspecified atom stereocenters. The van der Waals surface area contributed by atoms with E-state index in [1.807, 2.05) is 0 Å². The van der Waals surface area contributed by atoms with E-state index < -0.39 is 15.6 Å². The first kappa shape index (κ1) is 21.2. The molecule has 0 spiro atoms. The predicted molar refractivity (Wildman–Crippen MR) is 108 cm³/mol. The number of nitrogens with zero attached hydrogens (tertiary/aromatic N) is 3. The van der Waals surface area contributed by atoms with E-state index in [9.17, 15) is 8.42 Å². The quantitative estimate of drug-likeness (QED) is 0.804. The summed E-state index contributed by atoms with van der Waals surface area (Å²) in [5.41, 5.74) is 6.57. The number of halogens is 1. The molecule has 2 aromatic rings. The van der Waals surface area contributed by atoms with E-state index in [1.165, 1.54) is 0 Å². The van der Waals surface area contributed by atoms with Gasteiger partial charge in [-0.3, -0.25) is 0 Å². The van der Waals surface area contributed by atoms with E-state index in [0.717, 1.165) is 38.5 Å². The molecule has 1 saturated carbocycles. The van der Waals surface area contributed by atoms with Crippen molar-refractivity contribution >= 4 is 22.4 Å². The summed E-state index contributed by atoms with van der Waals surface area (Å²) < 4.78 is 32.7. The van der Waals surface area contributed by atoms with Crippen molar-refractivity contribution in [3.63, 3.8) is 0 Å². The molecule has 2 aliphatic rings. The molecule has 2 heterocycles. The molecule has 0 bridgehead atoms. The summed E-state index contributed by atoms with van der Waals surface area (Å²) in [5, 5.41) is 4.06. The zero-order valence-corrected chi connectivity index (χ0v) is 17.6. The Balaban J connectivity index is 0.00000225. The number of sulfonamides is 1. The molecule has 7 nitrogen and oxygen atoms in total. The fourth-order valence-electron chi connectivity index (χ4n) is 4.06. The molecule has 1 atom stereocenters. The summed E-state index contributed by atoms with van der Waals surface area (Å²) in [5.74, 6) is 1.30. The fraction of sp³-hybridized carbons (Fsp3) is 0.579. The van der Waals surface area contributed by atoms with Crippen LogP contribution < -0.4 is 5.73 Å². The van der Waals surface area contributed by atoms with Crippen LogP contribution in [0.15, 0.2) is 33.7 Å². The largest absolute Gasteiger partial charge is 0.334 e. The van der Waals surface area contributed by atoms with Crippen LogP contribution in [0.5, 0.6) is 0 Å². The van der Waals surface area contributed by atoms with Crippen LogP contribution in [0, 0.1) is 5.92 Å². The standard InChI is InChI=1S/C19H26N4O3S.ClH/c1-14-5-4-12-23(13-14)27(24,25)16-8-6-15(7-9-16)17-21-18(22-26-17)19(20)10-2-3-11-19;/h6-9,14H,2-5,10-13,20H2,1H3;1H. The van der Waals surface area contributed by atoms with Gasteiger partial charge >= 0.3 is 0 Å². The number of benzene rings is 1. The number of nitrogens with two attached hydrogens (primary N) is 1. The first-order chi connectivity index (χ1) is 12.9. The predicted octanol–water partition coefficient (Wildman–Crippen LogP) is 3.31. The fourth-order valence-corrected chi connectivity index (χ4v) is 5.65. The number of piperidine rings is 1. The van der Waals surface area contributed by atoms with Gasteiger partial charge in [0.1, 0.15) is 0 Å². The molecule has 154 valence electrons. The van der Waals surface area contributed by atoms with Crippen LogP contribution in [-0.4, -0.2) is 36.0 Å². The Morgan fingerprint density at radius 1 is 1.18 bits per heavy atom. The van der Waals surface area contributed by atoms with Gasteiger partial charge in [0.05, 0.1) is 10.4 Å². The van der Waals surface area contributed by atoms with Gasteiger partial charge in [0.15, 0.2) is 5.82 Å². The summed E-state index contributed by atoms with van der Waals surface area (Å²) in [7, 11) is -3.46. The maximum Gasteiger partial charge on any atom is 0.257 e. The highest BCUT2D eigenvalue weighted by atomic mass is 35.5. The lowest BCUT2D eigenvalue weighted by Crippen LogP contribution is -2.39. The number of hydrogen-bond acceptors (Lipinski definition) is 6. The lowest BCUT2D eigenvalue weighted by Gasteiger charge is -2.30. The molecule has 1 aliphatic carbocycles. The summed E-state index contributed by atoms with van der Waals surface area (Å²) in [6.07, 6.45) is 5.84. The summed E-state index contributed by atoms with van der Waals surface area (Å²) in [4.78, 5) is 4.76. The molecule has 2 fully saturated rings. The third-order valence-electron chi connectivity index (χ3n) is 5.73. The van der Waals surface area contributed by atoms with E-state index in [1.54, 1.807) is 28.6 Å². The van der Waals surface area contributed by atoms with Crippen molar-refractivity contribution in [1.82, 2.24) is 14.4 Å². The van der Waals surface area contributed by atoms with Crippen molar-refractivity contribution in [3.05, 3.63) is 30.1 Å². The van der Waals surface area contributed by atoms with Gasteiger partial charge < -0.3 is 10.3 Å². The lowest BCUT2D eigenvalue weighted by atomic mass is 9.99. The molecule has 1 saturated heterocycles. The minimum atomic E-state index is -3.46. The van der Waals surface area contributed by atoms with Gasteiger partial charge in [0.2, 0.25) is 10.0 Å². The van der Waals surface area contributed by atoms with Gasteiger partial charge in [0, 0.05) is 18.7 Å². The maximum absolute atomic E-state index is 12.9. The molecule has 1 aromatic carbocycles. The van der Waals surface area contributed by atoms with Crippen molar-refractivity contribution in [2.45, 2.75) is 55.9 Å². The molecule has 9 heteroatoms. The Kier molecular flexibility index (Phi) is 6.14. The topological polar surface area (TPSA) is 102 Å². The molecule has 1 aliphatic heterocycles. The van der Waals surface area contributed by atoms with Crippen LogP contribution in [-0.2, 0) is 15.6 Å². The molecular formula is C19H27ClN4O3S. The first-order valence-electron chi connectivity index (χ1n) is 9.62. The van der Waals surface area contributed by atoms with Crippen molar-refractivity contribution in [2.75, 3.05) is 13.1 Å². The highest BCUT2D eigenvalue weighted by Gasteiger charge is 2.36. The van der Waals surface area contributed by atoms with Crippen molar-refractivity contribution in [2.24, 2.45) is 11.7 Å². The minimum absolute atomic E-state index is 0. The third kappa shape index (κ3) is 3.96. The Labute approximate surface area is 172 Å². The van der Waals surface area contributed by atoms with E-state index in [0.29, 0.717) is 41.2 Å². The molecule has 2 N–H and O–H groups in total. The Morgan fingerprint density at radius 2 is 1.86 bits per heavy atom. The zero-order valence-electron chi connectivity index (χ0n) is 16.0. The average molecular weight is 427 g/mol. The molecule has 28 heavy (non-hydrogen) atoms. The summed E-state index contributed by atoms with van der Waals surface area (Å²) in [6, 6.07) is 6.66. The molecule has 0 amide bonds. The average Bonchev–Trinajstić information content (AvgIpc) is 3.32. The molecule has 4 rings (SSSR count). The number of aromatic nitrogens is 2. The lowest BCUT2D eigenvalue weighted by molar-refractivity contribution is 0.281. The first-order valence-corrected chi connectivity index (χ1v) is 11.1. The van der Waals surface area contributed by atoms with E-state index >= 15 is 0 Å². The summed E-state index contributed by atoms with van der Waals surface area (Å²) >= 11 is 0. The second-order valence-electron chi connectivity index (χ2n) is 7.92. The minimum Gasteiger partial charge on any atom is -0.334 e. The smallest absolute Gasteiger partial charge is 0.257 e. The van der Waals surface area contributed by atoms with E-state index in [2.05, 4.69) is 17.1 Å². The van der Waals surface area contributed by atoms with Crippen molar-refractivity contribution in [3.8, 4) is 11.5 Å². The van der Waals surface area contributed by atoms with Crippen LogP contribution in [0.3, 0.4) is 0 Å². The van der Waals surface area contributed by atoms with Crippen molar-refractivity contribution in [1.29, 1.82) is 0 Å². The molecular weight excluding hydrogens is 400 g/mol. The Bertz CT molecular complexity index is 908. The second kappa shape index (κ2) is 8.10. The molecule has 1 aromatic heterocycles. The van der Waals surface area contributed by atoms with E-state index in [4.69, 9.17) is 10.3 Å². The van der Waals surface area contributed by atoms with Crippen LogP contribution in [0.25, 0.3) is 11.5 Å².